The van der Waals surface area contributed by atoms with E-state index in [4.69, 9.17) is 0 Å². The van der Waals surface area contributed by atoms with Crippen molar-refractivity contribution in [2.24, 2.45) is 0 Å². The smallest absolute Gasteiger partial charge is 0.0619 e. The van der Waals surface area contributed by atoms with Gasteiger partial charge in [0.05, 0.1) is 11.2 Å². The first-order chi connectivity index (χ1) is 29.3. The number of para-hydroxylation sites is 1. The molecule has 1 aliphatic carbocycles. The van der Waals surface area contributed by atoms with Crippen molar-refractivity contribution in [2.45, 2.75) is 12.8 Å². The Morgan fingerprint density at radius 2 is 0.746 bits per heavy atom. The molecule has 0 amide bonds. The highest BCUT2D eigenvalue weighted by molar-refractivity contribution is 6.23. The van der Waals surface area contributed by atoms with Crippen LogP contribution in [0, 0.1) is 0 Å². The summed E-state index contributed by atoms with van der Waals surface area (Å²) in [7, 11) is 0. The Kier molecular flexibility index (Phi) is 7.74. The van der Waals surface area contributed by atoms with Gasteiger partial charge >= 0.3 is 0 Å². The Morgan fingerprint density at radius 1 is 0.322 bits per heavy atom. The van der Waals surface area contributed by atoms with Gasteiger partial charge in [0.2, 0.25) is 0 Å². The first-order valence-corrected chi connectivity index (χ1v) is 20.7. The third-order valence-corrected chi connectivity index (χ3v) is 12.6. The van der Waals surface area contributed by atoms with Crippen molar-refractivity contribution in [2.75, 3.05) is 0 Å². The SMILES string of the molecule is C1=Cc2c(c3ccccc3n2-c2c3ccccc3c(-c3ccc(-c4c5ccccc5c(-c5ccccc5)c5cc(-c6ccccc6)ccc45)cc3)c3ccccc23)CC1. The molecule has 0 fully saturated rings. The van der Waals surface area contributed by atoms with E-state index in [0.29, 0.717) is 0 Å². The zero-order valence-corrected chi connectivity index (χ0v) is 32.6. The van der Waals surface area contributed by atoms with Crippen LogP contribution in [0.1, 0.15) is 17.7 Å². The summed E-state index contributed by atoms with van der Waals surface area (Å²) >= 11 is 0. The number of allylic oxidation sites excluding steroid dienone is 1. The molecule has 0 unspecified atom stereocenters. The second-order valence-electron chi connectivity index (χ2n) is 15.8. The summed E-state index contributed by atoms with van der Waals surface area (Å²) in [5.74, 6) is 0. The minimum atomic E-state index is 1.06. The first kappa shape index (κ1) is 33.6. The van der Waals surface area contributed by atoms with Gasteiger partial charge in [0.15, 0.2) is 0 Å². The molecular formula is C58H39N. The number of fused-ring (bicyclic) bond motifs is 7. The molecule has 0 saturated heterocycles. The molecule has 0 spiro atoms. The van der Waals surface area contributed by atoms with Crippen LogP contribution in [0.3, 0.4) is 0 Å². The van der Waals surface area contributed by atoms with E-state index in [1.807, 2.05) is 0 Å². The fourth-order valence-electron chi connectivity index (χ4n) is 10.1. The molecule has 59 heavy (non-hydrogen) atoms. The fraction of sp³-hybridized carbons (Fsp3) is 0.0345. The van der Waals surface area contributed by atoms with E-state index < -0.39 is 0 Å². The summed E-state index contributed by atoms with van der Waals surface area (Å²) < 4.78 is 2.54. The number of nitrogens with zero attached hydrogens (tertiary/aromatic N) is 1. The van der Waals surface area contributed by atoms with Crippen LogP contribution >= 0.6 is 0 Å². The minimum Gasteiger partial charge on any atom is -0.308 e. The number of aromatic nitrogens is 1. The highest BCUT2D eigenvalue weighted by Gasteiger charge is 2.24. The van der Waals surface area contributed by atoms with Gasteiger partial charge in [0.25, 0.3) is 0 Å². The number of hydrogen-bond acceptors (Lipinski definition) is 0. The number of hydrogen-bond donors (Lipinski definition) is 0. The van der Waals surface area contributed by atoms with Crippen LogP contribution in [0.5, 0.6) is 0 Å². The van der Waals surface area contributed by atoms with Crippen molar-refractivity contribution in [3.63, 3.8) is 0 Å². The Balaban J connectivity index is 1.09. The van der Waals surface area contributed by atoms with Gasteiger partial charge in [-0.1, -0.05) is 194 Å². The number of benzene rings is 10. The van der Waals surface area contributed by atoms with Gasteiger partial charge < -0.3 is 4.57 Å². The second-order valence-corrected chi connectivity index (χ2v) is 15.8. The van der Waals surface area contributed by atoms with E-state index in [1.54, 1.807) is 0 Å². The molecule has 10 aromatic carbocycles. The molecule has 1 nitrogen and oxygen atoms in total. The molecule has 276 valence electrons. The van der Waals surface area contributed by atoms with Gasteiger partial charge in [0.1, 0.15) is 0 Å². The summed E-state index contributed by atoms with van der Waals surface area (Å²) in [6.07, 6.45) is 6.82. The first-order valence-electron chi connectivity index (χ1n) is 20.7. The van der Waals surface area contributed by atoms with Crippen molar-refractivity contribution in [3.05, 3.63) is 218 Å². The Labute approximate surface area is 343 Å². The Morgan fingerprint density at radius 3 is 1.34 bits per heavy atom. The van der Waals surface area contributed by atoms with Crippen molar-refractivity contribution in [1.82, 2.24) is 4.57 Å². The van der Waals surface area contributed by atoms with Gasteiger partial charge in [-0.2, -0.15) is 0 Å². The lowest BCUT2D eigenvalue weighted by Gasteiger charge is -2.21. The van der Waals surface area contributed by atoms with Crippen molar-refractivity contribution >= 4 is 60.1 Å². The van der Waals surface area contributed by atoms with E-state index in [1.165, 1.54) is 115 Å². The Bertz CT molecular complexity index is 3400. The molecule has 0 N–H and O–H groups in total. The summed E-state index contributed by atoms with van der Waals surface area (Å²) in [5, 5.41) is 11.4. The van der Waals surface area contributed by atoms with E-state index in [9.17, 15) is 0 Å². The number of rotatable bonds is 5. The molecule has 0 bridgehead atoms. The van der Waals surface area contributed by atoms with Crippen molar-refractivity contribution in [3.8, 4) is 50.2 Å². The van der Waals surface area contributed by atoms with Gasteiger partial charge in [0, 0.05) is 21.9 Å². The fourth-order valence-corrected chi connectivity index (χ4v) is 10.1. The van der Waals surface area contributed by atoms with E-state index in [2.05, 4.69) is 217 Å². The van der Waals surface area contributed by atoms with Crippen molar-refractivity contribution < 1.29 is 0 Å². The molecular weight excluding hydrogens is 711 g/mol. The van der Waals surface area contributed by atoms with Gasteiger partial charge in [-0.15, -0.1) is 0 Å². The van der Waals surface area contributed by atoms with E-state index >= 15 is 0 Å². The molecule has 11 aromatic rings. The van der Waals surface area contributed by atoms with Gasteiger partial charge in [-0.05, 0) is 113 Å². The lowest BCUT2D eigenvalue weighted by atomic mass is 9.84. The van der Waals surface area contributed by atoms with E-state index in [0.717, 1.165) is 12.8 Å². The zero-order valence-electron chi connectivity index (χ0n) is 32.6. The molecule has 1 aliphatic rings. The van der Waals surface area contributed by atoms with Gasteiger partial charge in [-0.25, -0.2) is 0 Å². The van der Waals surface area contributed by atoms with Gasteiger partial charge in [-0.3, -0.25) is 0 Å². The second kappa shape index (κ2) is 13.6. The lowest BCUT2D eigenvalue weighted by Crippen LogP contribution is -2.03. The highest BCUT2D eigenvalue weighted by Crippen LogP contribution is 2.47. The third-order valence-electron chi connectivity index (χ3n) is 12.6. The zero-order chi connectivity index (χ0) is 38.9. The average molecular weight is 750 g/mol. The van der Waals surface area contributed by atoms with Crippen LogP contribution < -0.4 is 0 Å². The monoisotopic (exact) mass is 749 g/mol. The summed E-state index contributed by atoms with van der Waals surface area (Å²) in [6, 6.07) is 74.0. The summed E-state index contributed by atoms with van der Waals surface area (Å²) in [4.78, 5) is 0. The third kappa shape index (κ3) is 5.25. The van der Waals surface area contributed by atoms with Crippen LogP contribution in [0.25, 0.3) is 110 Å². The predicted octanol–water partition coefficient (Wildman–Crippen LogP) is 15.9. The van der Waals surface area contributed by atoms with E-state index in [-0.39, 0.29) is 0 Å². The van der Waals surface area contributed by atoms with Crippen molar-refractivity contribution in [1.29, 1.82) is 0 Å². The molecule has 0 saturated carbocycles. The molecule has 1 heterocycles. The largest absolute Gasteiger partial charge is 0.308 e. The van der Waals surface area contributed by atoms with Crippen LogP contribution in [0.15, 0.2) is 206 Å². The topological polar surface area (TPSA) is 4.93 Å². The Hall–Kier alpha value is -7.48. The van der Waals surface area contributed by atoms with Crippen LogP contribution in [0.2, 0.25) is 0 Å². The lowest BCUT2D eigenvalue weighted by molar-refractivity contribution is 0.971. The molecule has 0 radical (unpaired) electrons. The summed E-state index contributed by atoms with van der Waals surface area (Å²) in [5.41, 5.74) is 15.2. The van der Waals surface area contributed by atoms with Crippen LogP contribution in [0.4, 0.5) is 0 Å². The maximum absolute atomic E-state index is 2.54. The minimum absolute atomic E-state index is 1.06. The quantitative estimate of drug-likeness (QED) is 0.154. The normalized spacial score (nSPS) is 12.5. The maximum atomic E-state index is 2.54. The van der Waals surface area contributed by atoms with Crippen LogP contribution in [-0.4, -0.2) is 4.57 Å². The molecule has 0 atom stereocenters. The molecule has 1 heteroatoms. The average Bonchev–Trinajstić information content (AvgIpc) is 3.64. The standard InChI is InChI=1S/C58H39N/c1-3-17-38(18-4-1)42-35-36-49-52(37-42)57(39-19-5-2-6-20-39)46-24-8-7-23-45(46)55(49)40-31-33-41(34-32-40)56-47-25-9-11-27-50(47)58(51-28-12-10-26-48(51)56)59-53-29-15-13-21-43(53)44-22-14-16-30-54(44)59/h1-13,15-21,23-37H,14,22H2. The molecule has 1 aromatic heterocycles. The highest BCUT2D eigenvalue weighted by atomic mass is 15.0. The number of aryl methyl sites for hydroxylation is 1. The molecule has 0 aliphatic heterocycles. The molecule has 12 rings (SSSR count). The summed E-state index contributed by atoms with van der Waals surface area (Å²) in [6.45, 7) is 0. The van der Waals surface area contributed by atoms with Crippen LogP contribution in [-0.2, 0) is 6.42 Å². The predicted molar refractivity (Wildman–Crippen MR) is 252 cm³/mol. The maximum Gasteiger partial charge on any atom is 0.0619 e.